The van der Waals surface area contributed by atoms with Gasteiger partial charge in [0.1, 0.15) is 11.9 Å². The molecular weight excluding hydrogens is 326 g/mol. The Morgan fingerprint density at radius 2 is 1.96 bits per heavy atom. The Morgan fingerprint density at radius 3 is 2.65 bits per heavy atom. The van der Waals surface area contributed by atoms with E-state index in [1.807, 2.05) is 31.2 Å². The third-order valence-electron chi connectivity index (χ3n) is 4.27. The number of allylic oxidation sites excluding steroid dienone is 1. The molecule has 0 atom stereocenters. The van der Waals surface area contributed by atoms with Gasteiger partial charge >= 0.3 is 0 Å². The SMILES string of the molecule is CCOc1ccc(/C=C(\C#N)c2nc3cc(C)c(C)cc3[nH]2)cc1OC. The van der Waals surface area contributed by atoms with E-state index in [1.54, 1.807) is 13.2 Å². The molecule has 0 spiro atoms. The number of hydrogen-bond donors (Lipinski definition) is 1. The Labute approximate surface area is 152 Å². The summed E-state index contributed by atoms with van der Waals surface area (Å²) in [6.07, 6.45) is 1.79. The Kier molecular flexibility index (Phi) is 4.94. The zero-order valence-corrected chi connectivity index (χ0v) is 15.4. The summed E-state index contributed by atoms with van der Waals surface area (Å²) in [5, 5.41) is 9.61. The van der Waals surface area contributed by atoms with Crippen LogP contribution in [0.25, 0.3) is 22.7 Å². The molecule has 0 fully saturated rings. The number of nitrogens with one attached hydrogen (secondary N) is 1. The Bertz CT molecular complexity index is 987. The number of aromatic nitrogens is 2. The fourth-order valence-electron chi connectivity index (χ4n) is 2.77. The number of benzene rings is 2. The van der Waals surface area contributed by atoms with E-state index in [9.17, 15) is 5.26 Å². The minimum Gasteiger partial charge on any atom is -0.493 e. The van der Waals surface area contributed by atoms with Crippen molar-refractivity contribution in [3.63, 3.8) is 0 Å². The van der Waals surface area contributed by atoms with Crippen molar-refractivity contribution in [2.45, 2.75) is 20.8 Å². The molecular formula is C21H21N3O2. The number of rotatable bonds is 5. The Balaban J connectivity index is 2.02. The number of H-pyrrole nitrogens is 1. The molecule has 0 saturated carbocycles. The van der Waals surface area contributed by atoms with Gasteiger partial charge in [-0.15, -0.1) is 0 Å². The van der Waals surface area contributed by atoms with Crippen molar-refractivity contribution in [3.05, 3.63) is 52.8 Å². The number of imidazole rings is 1. The van der Waals surface area contributed by atoms with Crippen LogP contribution in [0.4, 0.5) is 0 Å². The highest BCUT2D eigenvalue weighted by Crippen LogP contribution is 2.30. The molecule has 0 aliphatic carbocycles. The number of nitrogens with zero attached hydrogens (tertiary/aromatic N) is 2. The van der Waals surface area contributed by atoms with Gasteiger partial charge in [-0.05, 0) is 67.8 Å². The standard InChI is InChI=1S/C21H21N3O2/c1-5-26-19-7-6-15(11-20(19)25-4)10-16(12-22)21-23-17-8-13(2)14(3)9-18(17)24-21/h6-11H,5H2,1-4H3,(H,23,24)/b16-10+. The molecule has 1 heterocycles. The van der Waals surface area contributed by atoms with E-state index in [1.165, 1.54) is 11.1 Å². The second-order valence-corrected chi connectivity index (χ2v) is 6.05. The molecule has 0 saturated heterocycles. The zero-order valence-electron chi connectivity index (χ0n) is 15.4. The van der Waals surface area contributed by atoms with Crippen LogP contribution >= 0.6 is 0 Å². The lowest BCUT2D eigenvalue weighted by atomic mass is 10.1. The maximum atomic E-state index is 9.61. The predicted molar refractivity (Wildman–Crippen MR) is 103 cm³/mol. The van der Waals surface area contributed by atoms with E-state index >= 15 is 0 Å². The van der Waals surface area contributed by atoms with Gasteiger partial charge in [0.15, 0.2) is 11.5 Å². The van der Waals surface area contributed by atoms with Gasteiger partial charge in [-0.25, -0.2) is 4.98 Å². The highest BCUT2D eigenvalue weighted by molar-refractivity contribution is 5.90. The van der Waals surface area contributed by atoms with Crippen LogP contribution in [0.5, 0.6) is 11.5 Å². The van der Waals surface area contributed by atoms with Gasteiger partial charge in [-0.1, -0.05) is 6.07 Å². The van der Waals surface area contributed by atoms with Gasteiger partial charge in [-0.3, -0.25) is 0 Å². The fourth-order valence-corrected chi connectivity index (χ4v) is 2.77. The van der Waals surface area contributed by atoms with Crippen LogP contribution in [-0.4, -0.2) is 23.7 Å². The van der Waals surface area contributed by atoms with Gasteiger partial charge < -0.3 is 14.5 Å². The Hall–Kier alpha value is -3.26. The van der Waals surface area contributed by atoms with Crippen LogP contribution in [0.3, 0.4) is 0 Å². The van der Waals surface area contributed by atoms with Crippen LogP contribution in [0.15, 0.2) is 30.3 Å². The molecule has 0 bridgehead atoms. The monoisotopic (exact) mass is 347 g/mol. The maximum absolute atomic E-state index is 9.61. The van der Waals surface area contributed by atoms with Crippen LogP contribution in [0.2, 0.25) is 0 Å². The van der Waals surface area contributed by atoms with Gasteiger partial charge in [0, 0.05) is 0 Å². The van der Waals surface area contributed by atoms with Crippen molar-refractivity contribution >= 4 is 22.7 Å². The molecule has 3 rings (SSSR count). The summed E-state index contributed by atoms with van der Waals surface area (Å²) in [5.41, 5.74) is 5.44. The van der Waals surface area contributed by atoms with Crippen LogP contribution < -0.4 is 9.47 Å². The lowest BCUT2D eigenvalue weighted by molar-refractivity contribution is 0.311. The second-order valence-electron chi connectivity index (χ2n) is 6.05. The maximum Gasteiger partial charge on any atom is 0.161 e. The number of fused-ring (bicyclic) bond motifs is 1. The van der Waals surface area contributed by atoms with Crippen molar-refractivity contribution < 1.29 is 9.47 Å². The number of ether oxygens (including phenoxy) is 2. The minimum atomic E-state index is 0.461. The molecule has 0 amide bonds. The number of aromatic amines is 1. The van der Waals surface area contributed by atoms with Gasteiger partial charge in [0.25, 0.3) is 0 Å². The van der Waals surface area contributed by atoms with Crippen molar-refractivity contribution in [2.75, 3.05) is 13.7 Å². The largest absolute Gasteiger partial charge is 0.493 e. The number of aryl methyl sites for hydroxylation is 2. The first-order valence-electron chi connectivity index (χ1n) is 8.45. The molecule has 5 heteroatoms. The van der Waals surface area contributed by atoms with Crippen LogP contribution in [0, 0.1) is 25.2 Å². The van der Waals surface area contributed by atoms with Crippen molar-refractivity contribution in [1.82, 2.24) is 9.97 Å². The van der Waals surface area contributed by atoms with Crippen molar-refractivity contribution in [3.8, 4) is 17.6 Å². The quantitative estimate of drug-likeness (QED) is 0.682. The van der Waals surface area contributed by atoms with Gasteiger partial charge in [0.05, 0.1) is 30.3 Å². The highest BCUT2D eigenvalue weighted by Gasteiger charge is 2.10. The van der Waals surface area contributed by atoms with Crippen LogP contribution in [-0.2, 0) is 0 Å². The molecule has 2 aromatic carbocycles. The number of methoxy groups -OCH3 is 1. The molecule has 5 nitrogen and oxygen atoms in total. The predicted octanol–water partition coefficient (Wildman–Crippen LogP) is 4.65. The van der Waals surface area contributed by atoms with Crippen LogP contribution in [0.1, 0.15) is 29.4 Å². The molecule has 0 unspecified atom stereocenters. The number of nitriles is 1. The molecule has 26 heavy (non-hydrogen) atoms. The first kappa shape index (κ1) is 17.6. The van der Waals surface area contributed by atoms with E-state index in [4.69, 9.17) is 9.47 Å². The lowest BCUT2D eigenvalue weighted by Crippen LogP contribution is -1.95. The summed E-state index contributed by atoms with van der Waals surface area (Å²) < 4.78 is 10.9. The third-order valence-corrected chi connectivity index (χ3v) is 4.27. The molecule has 0 aliphatic rings. The molecule has 0 radical (unpaired) electrons. The normalized spacial score (nSPS) is 11.4. The Morgan fingerprint density at radius 1 is 1.19 bits per heavy atom. The first-order chi connectivity index (χ1) is 12.5. The molecule has 132 valence electrons. The lowest BCUT2D eigenvalue weighted by Gasteiger charge is -2.09. The number of hydrogen-bond acceptors (Lipinski definition) is 4. The van der Waals surface area contributed by atoms with E-state index in [2.05, 4.69) is 36.0 Å². The topological polar surface area (TPSA) is 70.9 Å². The molecule has 1 aromatic heterocycles. The van der Waals surface area contributed by atoms with E-state index in [-0.39, 0.29) is 0 Å². The second kappa shape index (κ2) is 7.32. The van der Waals surface area contributed by atoms with E-state index < -0.39 is 0 Å². The molecule has 0 aliphatic heterocycles. The molecule has 1 N–H and O–H groups in total. The smallest absolute Gasteiger partial charge is 0.161 e. The third kappa shape index (κ3) is 3.40. The minimum absolute atomic E-state index is 0.461. The summed E-state index contributed by atoms with van der Waals surface area (Å²) in [4.78, 5) is 7.81. The van der Waals surface area contributed by atoms with E-state index in [0.717, 1.165) is 16.6 Å². The summed E-state index contributed by atoms with van der Waals surface area (Å²) >= 11 is 0. The summed E-state index contributed by atoms with van der Waals surface area (Å²) in [5.74, 6) is 1.87. The first-order valence-corrected chi connectivity index (χ1v) is 8.45. The van der Waals surface area contributed by atoms with E-state index in [0.29, 0.717) is 29.5 Å². The summed E-state index contributed by atoms with van der Waals surface area (Å²) in [7, 11) is 1.60. The zero-order chi connectivity index (χ0) is 18.7. The van der Waals surface area contributed by atoms with Gasteiger partial charge in [0.2, 0.25) is 0 Å². The molecule has 3 aromatic rings. The average Bonchev–Trinajstić information content (AvgIpc) is 3.03. The summed E-state index contributed by atoms with van der Waals surface area (Å²) in [6, 6.07) is 11.9. The highest BCUT2D eigenvalue weighted by atomic mass is 16.5. The average molecular weight is 347 g/mol. The van der Waals surface area contributed by atoms with Crippen molar-refractivity contribution in [2.24, 2.45) is 0 Å². The van der Waals surface area contributed by atoms with Crippen molar-refractivity contribution in [1.29, 1.82) is 5.26 Å². The van der Waals surface area contributed by atoms with Gasteiger partial charge in [-0.2, -0.15) is 5.26 Å². The fraction of sp³-hybridized carbons (Fsp3) is 0.238. The summed E-state index contributed by atoms with van der Waals surface area (Å²) in [6.45, 7) is 6.60.